The van der Waals surface area contributed by atoms with E-state index in [1.807, 2.05) is 21.2 Å². The molecule has 11 nitrogen and oxygen atoms in total. The number of urea groups is 1. The van der Waals surface area contributed by atoms with Crippen molar-refractivity contribution in [3.8, 4) is 12.3 Å². The molecule has 0 bridgehead atoms. The van der Waals surface area contributed by atoms with E-state index in [9.17, 15) is 14.4 Å². The van der Waals surface area contributed by atoms with Gasteiger partial charge < -0.3 is 35.4 Å². The lowest BCUT2D eigenvalue weighted by molar-refractivity contribution is -0.143. The minimum absolute atomic E-state index is 0.0108. The van der Waals surface area contributed by atoms with Crippen LogP contribution in [0.15, 0.2) is 23.6 Å². The van der Waals surface area contributed by atoms with Crippen LogP contribution in [0.3, 0.4) is 0 Å². The summed E-state index contributed by atoms with van der Waals surface area (Å²) in [6.07, 6.45) is 7.72. The molecule has 46 heavy (non-hydrogen) atoms. The number of carbonyl (C=O) groups excluding carboxylic acids is 3. The van der Waals surface area contributed by atoms with E-state index in [1.165, 1.54) is 0 Å². The number of rotatable bonds is 6. The number of amides is 4. The maximum atomic E-state index is 14.0. The highest BCUT2D eigenvalue weighted by atomic mass is 35.5. The fourth-order valence-electron chi connectivity index (χ4n) is 7.02. The predicted octanol–water partition coefficient (Wildman–Crippen LogP) is 3.76. The van der Waals surface area contributed by atoms with E-state index in [1.54, 1.807) is 28.4 Å². The lowest BCUT2D eigenvalue weighted by Crippen LogP contribution is -2.56. The molecule has 1 aromatic heterocycles. The van der Waals surface area contributed by atoms with Gasteiger partial charge in [0.05, 0.1) is 22.9 Å². The molecule has 246 valence electrons. The number of fused-ring (bicyclic) bond motifs is 1. The van der Waals surface area contributed by atoms with Gasteiger partial charge in [0, 0.05) is 68.2 Å². The van der Waals surface area contributed by atoms with E-state index in [0.717, 1.165) is 49.6 Å². The minimum atomic E-state index is -1.05. The summed E-state index contributed by atoms with van der Waals surface area (Å²) < 4.78 is 6.00. The van der Waals surface area contributed by atoms with Crippen LogP contribution in [-0.2, 0) is 22.5 Å². The van der Waals surface area contributed by atoms with E-state index in [0.29, 0.717) is 73.4 Å². The number of hydrogen-bond acceptors (Lipinski definition) is 8. The number of benzene rings is 1. The van der Waals surface area contributed by atoms with Gasteiger partial charge in [-0.25, -0.2) is 9.59 Å². The van der Waals surface area contributed by atoms with Crippen molar-refractivity contribution in [2.45, 2.75) is 56.8 Å². The second kappa shape index (κ2) is 14.1. The molecule has 0 spiro atoms. The summed E-state index contributed by atoms with van der Waals surface area (Å²) in [5, 5.41) is 5.25. The maximum absolute atomic E-state index is 14.0. The quantitative estimate of drug-likeness (QED) is 0.356. The Morgan fingerprint density at radius 1 is 1.07 bits per heavy atom. The average molecular weight is 668 g/mol. The topological polar surface area (TPSA) is 115 Å². The summed E-state index contributed by atoms with van der Waals surface area (Å²) in [6.45, 7) is 6.33. The van der Waals surface area contributed by atoms with Gasteiger partial charge >= 0.3 is 12.1 Å². The third-order valence-electron chi connectivity index (χ3n) is 9.84. The molecule has 4 aliphatic heterocycles. The predicted molar refractivity (Wildman–Crippen MR) is 180 cm³/mol. The van der Waals surface area contributed by atoms with Crippen LogP contribution in [0.1, 0.15) is 41.7 Å². The molecule has 1 aromatic carbocycles. The van der Waals surface area contributed by atoms with E-state index in [2.05, 4.69) is 28.1 Å². The molecule has 13 heteroatoms. The average Bonchev–Trinajstić information content (AvgIpc) is 3.53. The van der Waals surface area contributed by atoms with Crippen LogP contribution >= 0.6 is 22.9 Å². The first kappa shape index (κ1) is 32.4. The van der Waals surface area contributed by atoms with Gasteiger partial charge in [-0.15, -0.1) is 17.8 Å². The molecule has 6 rings (SSSR count). The van der Waals surface area contributed by atoms with Crippen LogP contribution in [0.25, 0.3) is 0 Å². The zero-order chi connectivity index (χ0) is 32.4. The number of anilines is 2. The van der Waals surface area contributed by atoms with Gasteiger partial charge in [0.25, 0.3) is 5.91 Å². The van der Waals surface area contributed by atoms with Crippen LogP contribution in [0.5, 0.6) is 0 Å². The van der Waals surface area contributed by atoms with Crippen molar-refractivity contribution in [1.82, 2.24) is 24.5 Å². The number of thiophene rings is 1. The summed E-state index contributed by atoms with van der Waals surface area (Å²) in [4.78, 5) is 51.6. The smallest absolute Gasteiger partial charge is 0.410 e. The van der Waals surface area contributed by atoms with E-state index < -0.39 is 12.2 Å². The highest BCUT2D eigenvalue weighted by Gasteiger charge is 2.37. The first-order valence-corrected chi connectivity index (χ1v) is 17.3. The number of nitrogens with two attached hydrogens (primary N) is 1. The SMILES string of the molecule is C#Cc1cc(C[C@@H](OC(=O)N2CCC(N3Cc4sccc4NC3=O)CC2)C(=O)N2CCN(C3CCN(C)CC3)CC2)cc(Cl)c1N. The molecular formula is C33H42ClN7O4S. The van der Waals surface area contributed by atoms with Crippen molar-refractivity contribution in [1.29, 1.82) is 0 Å². The van der Waals surface area contributed by atoms with Crippen molar-refractivity contribution in [2.75, 3.05) is 70.5 Å². The largest absolute Gasteiger partial charge is 0.436 e. The second-order valence-corrected chi connectivity index (χ2v) is 14.1. The van der Waals surface area contributed by atoms with Crippen LogP contribution < -0.4 is 11.1 Å². The van der Waals surface area contributed by atoms with Crippen molar-refractivity contribution in [3.63, 3.8) is 0 Å². The second-order valence-electron chi connectivity index (χ2n) is 12.7. The highest BCUT2D eigenvalue weighted by Crippen LogP contribution is 2.32. The summed E-state index contributed by atoms with van der Waals surface area (Å²) in [5.41, 5.74) is 8.33. The van der Waals surface area contributed by atoms with Crippen molar-refractivity contribution < 1.29 is 19.1 Å². The number of ether oxygens (including phenoxy) is 1. The fraction of sp³-hybridized carbons (Fsp3) is 0.545. The monoisotopic (exact) mass is 667 g/mol. The Morgan fingerprint density at radius 2 is 1.76 bits per heavy atom. The summed E-state index contributed by atoms with van der Waals surface area (Å²) >= 11 is 8.00. The Labute approximate surface area is 279 Å². The number of hydrogen-bond donors (Lipinski definition) is 2. The molecular weight excluding hydrogens is 626 g/mol. The molecule has 0 saturated carbocycles. The van der Waals surface area contributed by atoms with E-state index >= 15 is 0 Å². The van der Waals surface area contributed by atoms with Crippen molar-refractivity contribution >= 4 is 52.3 Å². The minimum Gasteiger partial charge on any atom is -0.436 e. The standard InChI is InChI=1S/C33H42ClN7O4S/c1-3-23-18-22(19-26(34)30(23)35)20-28(31(42)39-15-13-38(14-16-39)24-4-9-37(2)10-5-24)45-33(44)40-11-6-25(7-12-40)41-21-29-27(8-17-46-29)36-32(41)43/h1,8,17-19,24-25,28H,4-7,9-16,20-21,35H2,2H3,(H,36,43)/t28-/m1/s1. The molecule has 4 amide bonds. The zero-order valence-corrected chi connectivity index (χ0v) is 27.8. The number of nitrogens with zero attached hydrogens (tertiary/aromatic N) is 5. The number of nitrogens with one attached hydrogen (secondary N) is 1. The number of halogens is 1. The van der Waals surface area contributed by atoms with Gasteiger partial charge in [-0.1, -0.05) is 17.5 Å². The van der Waals surface area contributed by atoms with Gasteiger partial charge in [0.15, 0.2) is 6.10 Å². The molecule has 0 radical (unpaired) electrons. The summed E-state index contributed by atoms with van der Waals surface area (Å²) in [7, 11) is 2.16. The first-order valence-electron chi connectivity index (χ1n) is 16.1. The number of likely N-dealkylation sites (tertiary alicyclic amines) is 2. The zero-order valence-electron chi connectivity index (χ0n) is 26.3. The third-order valence-corrected chi connectivity index (χ3v) is 11.1. The molecule has 5 heterocycles. The van der Waals surface area contributed by atoms with Crippen LogP contribution in [0, 0.1) is 12.3 Å². The number of carbonyl (C=O) groups is 3. The van der Waals surface area contributed by atoms with Gasteiger partial charge in [-0.05, 0) is 75.0 Å². The molecule has 3 fully saturated rings. The number of nitrogen functional groups attached to an aromatic ring is 1. The maximum Gasteiger partial charge on any atom is 0.410 e. The van der Waals surface area contributed by atoms with Crippen LogP contribution in [-0.4, -0.2) is 120 Å². The lowest BCUT2D eigenvalue weighted by Gasteiger charge is -2.43. The normalized spacial score (nSPS) is 21.0. The Kier molecular flexibility index (Phi) is 9.94. The van der Waals surface area contributed by atoms with Crippen molar-refractivity contribution in [3.05, 3.63) is 44.6 Å². The van der Waals surface area contributed by atoms with Crippen LogP contribution in [0.4, 0.5) is 21.0 Å². The molecule has 3 N–H and O–H groups in total. The molecule has 1 atom stereocenters. The fourth-order valence-corrected chi connectivity index (χ4v) is 8.09. The Morgan fingerprint density at radius 3 is 2.46 bits per heavy atom. The number of piperazine rings is 1. The Bertz CT molecular complexity index is 1490. The molecule has 0 aliphatic carbocycles. The summed E-state index contributed by atoms with van der Waals surface area (Å²) in [5.74, 6) is 2.33. The van der Waals surface area contributed by atoms with Gasteiger partial charge in [-0.2, -0.15) is 0 Å². The Hall–Kier alpha value is -3.50. The van der Waals surface area contributed by atoms with E-state index in [4.69, 9.17) is 28.5 Å². The van der Waals surface area contributed by atoms with Gasteiger partial charge in [-0.3, -0.25) is 9.69 Å². The van der Waals surface area contributed by atoms with Crippen molar-refractivity contribution in [2.24, 2.45) is 0 Å². The first-order chi connectivity index (χ1) is 22.2. The third kappa shape index (κ3) is 7.08. The highest BCUT2D eigenvalue weighted by molar-refractivity contribution is 7.10. The molecule has 2 aromatic rings. The molecule has 3 saturated heterocycles. The lowest BCUT2D eigenvalue weighted by atomic mass is 10.0. The van der Waals surface area contributed by atoms with Gasteiger partial charge in [0.2, 0.25) is 0 Å². The molecule has 0 unspecified atom stereocenters. The molecule has 4 aliphatic rings. The van der Waals surface area contributed by atoms with Crippen LogP contribution in [0.2, 0.25) is 5.02 Å². The van der Waals surface area contributed by atoms with Gasteiger partial charge in [0.1, 0.15) is 0 Å². The van der Waals surface area contributed by atoms with E-state index in [-0.39, 0.29) is 24.4 Å². The number of piperidine rings is 2. The Balaban J connectivity index is 1.10. The number of terminal acetylenes is 1. The summed E-state index contributed by atoms with van der Waals surface area (Å²) in [6, 6.07) is 5.76.